The monoisotopic (exact) mass is 264 g/mol. The van der Waals surface area contributed by atoms with Gasteiger partial charge in [-0.3, -0.25) is 9.69 Å². The van der Waals surface area contributed by atoms with Crippen LogP contribution in [0.5, 0.6) is 5.75 Å². The number of phenols is 1. The maximum absolute atomic E-state index is 11.0. The highest BCUT2D eigenvalue weighted by Gasteiger charge is 2.15. The molecule has 1 aromatic carbocycles. The van der Waals surface area contributed by atoms with E-state index < -0.39 is 0 Å². The fraction of sp³-hybridized carbons (Fsp3) is 0.533. The molecule has 0 unspecified atom stereocenters. The van der Waals surface area contributed by atoms with Gasteiger partial charge in [-0.25, -0.2) is 0 Å². The van der Waals surface area contributed by atoms with Gasteiger partial charge in [0.05, 0.1) is 0 Å². The van der Waals surface area contributed by atoms with Crippen molar-refractivity contribution in [3.63, 3.8) is 0 Å². The first kappa shape index (κ1) is 15.5. The number of amides is 1. The van der Waals surface area contributed by atoms with E-state index in [9.17, 15) is 9.90 Å². The second-order valence-electron chi connectivity index (χ2n) is 5.38. The summed E-state index contributed by atoms with van der Waals surface area (Å²) in [6.45, 7) is 10.7. The number of nitrogens with one attached hydrogen (secondary N) is 1. The maximum Gasteiger partial charge on any atom is 0.221 e. The maximum atomic E-state index is 11.0. The molecule has 19 heavy (non-hydrogen) atoms. The third kappa shape index (κ3) is 4.56. The third-order valence-corrected chi connectivity index (χ3v) is 3.09. The molecule has 0 aromatic heterocycles. The van der Waals surface area contributed by atoms with Crippen LogP contribution in [0.2, 0.25) is 0 Å². The Morgan fingerprint density at radius 3 is 2.26 bits per heavy atom. The lowest BCUT2D eigenvalue weighted by atomic mass is 10.1. The van der Waals surface area contributed by atoms with Crippen LogP contribution in [0.25, 0.3) is 0 Å². The van der Waals surface area contributed by atoms with Crippen molar-refractivity contribution in [3.8, 4) is 5.75 Å². The van der Waals surface area contributed by atoms with E-state index in [2.05, 4.69) is 37.9 Å². The van der Waals surface area contributed by atoms with Crippen molar-refractivity contribution < 1.29 is 9.90 Å². The number of phenolic OH excluding ortho intramolecular Hbond substituents is 1. The Labute approximate surface area is 115 Å². The fourth-order valence-electron chi connectivity index (χ4n) is 2.14. The third-order valence-electron chi connectivity index (χ3n) is 3.09. The number of hydrogen-bond acceptors (Lipinski definition) is 3. The van der Waals surface area contributed by atoms with Gasteiger partial charge in [-0.15, -0.1) is 0 Å². The average Bonchev–Trinajstić information content (AvgIpc) is 2.25. The minimum Gasteiger partial charge on any atom is -0.508 e. The van der Waals surface area contributed by atoms with Crippen LogP contribution in [0, 0.1) is 0 Å². The topological polar surface area (TPSA) is 52.6 Å². The summed E-state index contributed by atoms with van der Waals surface area (Å²) < 4.78 is 0. The molecule has 0 radical (unpaired) electrons. The molecule has 0 saturated heterocycles. The van der Waals surface area contributed by atoms with E-state index in [-0.39, 0.29) is 11.7 Å². The number of nitrogens with zero attached hydrogens (tertiary/aromatic N) is 1. The van der Waals surface area contributed by atoms with Gasteiger partial charge in [-0.2, -0.15) is 0 Å². The number of benzene rings is 1. The molecular weight excluding hydrogens is 240 g/mol. The van der Waals surface area contributed by atoms with Crippen LogP contribution >= 0.6 is 0 Å². The summed E-state index contributed by atoms with van der Waals surface area (Å²) in [5.74, 6) is 0.0793. The smallest absolute Gasteiger partial charge is 0.221 e. The Morgan fingerprint density at radius 1 is 1.26 bits per heavy atom. The van der Waals surface area contributed by atoms with Crippen molar-refractivity contribution in [1.82, 2.24) is 4.90 Å². The predicted octanol–water partition coefficient (Wildman–Crippen LogP) is 2.97. The van der Waals surface area contributed by atoms with Gasteiger partial charge in [0.15, 0.2) is 0 Å². The Balaban J connectivity index is 2.87. The number of anilines is 1. The Bertz CT molecular complexity index is 434. The molecule has 0 fully saturated rings. The van der Waals surface area contributed by atoms with Gasteiger partial charge in [-0.05, 0) is 33.8 Å². The molecule has 0 spiro atoms. The summed E-state index contributed by atoms with van der Waals surface area (Å²) in [5.41, 5.74) is 1.49. The first-order valence-corrected chi connectivity index (χ1v) is 6.66. The lowest BCUT2D eigenvalue weighted by Gasteiger charge is -2.30. The zero-order valence-electron chi connectivity index (χ0n) is 12.4. The highest BCUT2D eigenvalue weighted by molar-refractivity contribution is 5.88. The summed E-state index contributed by atoms with van der Waals surface area (Å²) in [6, 6.07) is 6.09. The van der Waals surface area contributed by atoms with Crippen LogP contribution in [0.1, 0.15) is 40.2 Å². The number of carbonyl (C=O) groups is 1. The molecule has 0 aliphatic carbocycles. The van der Waals surface area contributed by atoms with Crippen molar-refractivity contribution in [2.75, 3.05) is 5.32 Å². The minimum absolute atomic E-state index is 0.141. The highest BCUT2D eigenvalue weighted by Crippen LogP contribution is 2.24. The van der Waals surface area contributed by atoms with E-state index in [1.165, 1.54) is 6.92 Å². The van der Waals surface area contributed by atoms with Crippen LogP contribution in [0.4, 0.5) is 5.69 Å². The van der Waals surface area contributed by atoms with Crippen LogP contribution in [0.15, 0.2) is 18.2 Å². The van der Waals surface area contributed by atoms with Gasteiger partial charge in [0, 0.05) is 42.9 Å². The van der Waals surface area contributed by atoms with Crippen molar-refractivity contribution in [2.45, 2.75) is 53.2 Å². The van der Waals surface area contributed by atoms with Gasteiger partial charge in [0.25, 0.3) is 0 Å². The molecule has 0 heterocycles. The van der Waals surface area contributed by atoms with Crippen LogP contribution in [0.3, 0.4) is 0 Å². The fourth-order valence-corrected chi connectivity index (χ4v) is 2.14. The molecule has 0 saturated carbocycles. The molecule has 2 N–H and O–H groups in total. The molecular formula is C15H24N2O2. The lowest BCUT2D eigenvalue weighted by Crippen LogP contribution is -2.36. The quantitative estimate of drug-likeness (QED) is 0.859. The lowest BCUT2D eigenvalue weighted by molar-refractivity contribution is -0.114. The SMILES string of the molecule is CC(=O)Nc1ccc(CN(C(C)C)C(C)C)c(O)c1. The minimum atomic E-state index is -0.141. The van der Waals surface area contributed by atoms with Crippen LogP contribution in [-0.4, -0.2) is 28.0 Å². The van der Waals surface area contributed by atoms with E-state index in [1.807, 2.05) is 12.1 Å². The van der Waals surface area contributed by atoms with Gasteiger partial charge in [0.2, 0.25) is 5.91 Å². The van der Waals surface area contributed by atoms with E-state index in [0.717, 1.165) is 5.56 Å². The molecule has 1 rings (SSSR count). The second-order valence-corrected chi connectivity index (χ2v) is 5.38. The van der Waals surface area contributed by atoms with Crippen molar-refractivity contribution in [1.29, 1.82) is 0 Å². The zero-order chi connectivity index (χ0) is 14.6. The van der Waals surface area contributed by atoms with E-state index >= 15 is 0 Å². The van der Waals surface area contributed by atoms with E-state index in [0.29, 0.717) is 24.3 Å². The number of aromatic hydroxyl groups is 1. The molecule has 106 valence electrons. The summed E-state index contributed by atoms with van der Waals surface area (Å²) in [6.07, 6.45) is 0. The zero-order valence-corrected chi connectivity index (χ0v) is 12.4. The molecule has 4 nitrogen and oxygen atoms in total. The Hall–Kier alpha value is -1.55. The summed E-state index contributed by atoms with van der Waals surface area (Å²) in [4.78, 5) is 13.3. The normalized spacial score (nSPS) is 11.4. The molecule has 1 aromatic rings. The molecule has 0 atom stereocenters. The summed E-state index contributed by atoms with van der Waals surface area (Å²) in [5, 5.41) is 12.7. The second kappa shape index (κ2) is 6.57. The number of rotatable bonds is 5. The van der Waals surface area contributed by atoms with Crippen LogP contribution < -0.4 is 5.32 Å². The molecule has 1 amide bonds. The van der Waals surface area contributed by atoms with Gasteiger partial charge in [0.1, 0.15) is 5.75 Å². The molecule has 4 heteroatoms. The molecule has 0 bridgehead atoms. The first-order valence-electron chi connectivity index (χ1n) is 6.66. The number of hydrogen-bond donors (Lipinski definition) is 2. The predicted molar refractivity (Wildman–Crippen MR) is 78.2 cm³/mol. The van der Waals surface area contributed by atoms with Crippen molar-refractivity contribution in [2.24, 2.45) is 0 Å². The molecule has 0 aliphatic rings. The average molecular weight is 264 g/mol. The van der Waals surface area contributed by atoms with Gasteiger partial charge < -0.3 is 10.4 Å². The van der Waals surface area contributed by atoms with Gasteiger partial charge in [-0.1, -0.05) is 6.07 Å². The van der Waals surface area contributed by atoms with E-state index in [4.69, 9.17) is 0 Å². The summed E-state index contributed by atoms with van der Waals surface area (Å²) >= 11 is 0. The first-order chi connectivity index (χ1) is 8.81. The van der Waals surface area contributed by atoms with Crippen molar-refractivity contribution in [3.05, 3.63) is 23.8 Å². The van der Waals surface area contributed by atoms with Crippen molar-refractivity contribution >= 4 is 11.6 Å². The molecule has 0 aliphatic heterocycles. The number of carbonyl (C=O) groups excluding carboxylic acids is 1. The Morgan fingerprint density at radius 2 is 1.84 bits per heavy atom. The highest BCUT2D eigenvalue weighted by atomic mass is 16.3. The summed E-state index contributed by atoms with van der Waals surface area (Å²) in [7, 11) is 0. The standard InChI is InChI=1S/C15H24N2O2/c1-10(2)17(11(3)4)9-13-6-7-14(8-15(13)19)16-12(5)18/h6-8,10-11,19H,9H2,1-5H3,(H,16,18). The van der Waals surface area contributed by atoms with Gasteiger partial charge >= 0.3 is 0 Å². The Kier molecular flexibility index (Phi) is 5.36. The van der Waals surface area contributed by atoms with Crippen LogP contribution in [-0.2, 0) is 11.3 Å². The van der Waals surface area contributed by atoms with E-state index in [1.54, 1.807) is 6.07 Å². The largest absolute Gasteiger partial charge is 0.508 e.